The minimum Gasteiger partial charge on any atom is -0.481 e. The minimum absolute atomic E-state index is 0.259. The Morgan fingerprint density at radius 1 is 0.955 bits per heavy atom. The van der Waals surface area contributed by atoms with E-state index in [-0.39, 0.29) is 6.42 Å². The third kappa shape index (κ3) is 15.1. The average molecular weight is 312 g/mol. The Hall–Kier alpha value is -1.29. The van der Waals surface area contributed by atoms with Crippen LogP contribution in [0.4, 0.5) is 0 Å². The Morgan fingerprint density at radius 2 is 1.64 bits per heavy atom. The molecule has 22 heavy (non-hydrogen) atoms. The highest BCUT2D eigenvalue weighted by Crippen LogP contribution is 2.13. The van der Waals surface area contributed by atoms with Crippen LogP contribution < -0.4 is 0 Å². The minimum atomic E-state index is -0.721. The fourth-order valence-corrected chi connectivity index (χ4v) is 2.22. The van der Waals surface area contributed by atoms with Crippen molar-refractivity contribution in [1.82, 2.24) is 0 Å². The number of hydrogen-bond acceptors (Lipinski definition) is 3. The molecule has 4 heteroatoms. The zero-order valence-corrected chi connectivity index (χ0v) is 13.9. The molecule has 0 saturated heterocycles. The Kier molecular flexibility index (Phi) is 15.1. The van der Waals surface area contributed by atoms with Gasteiger partial charge in [0.2, 0.25) is 0 Å². The molecule has 0 amide bonds. The highest BCUT2D eigenvalue weighted by atomic mass is 17.1. The fraction of sp³-hybridized carbons (Fsp3) is 0.722. The third-order valence-electron chi connectivity index (χ3n) is 3.55. The van der Waals surface area contributed by atoms with Crippen molar-refractivity contribution in [3.8, 4) is 0 Å². The van der Waals surface area contributed by atoms with E-state index in [0.29, 0.717) is 5.76 Å². The maximum atomic E-state index is 10.4. The van der Waals surface area contributed by atoms with Gasteiger partial charge in [-0.15, -0.1) is 0 Å². The van der Waals surface area contributed by atoms with Crippen LogP contribution in [0, 0.1) is 0 Å². The molecule has 0 saturated carbocycles. The van der Waals surface area contributed by atoms with Gasteiger partial charge in [-0.1, -0.05) is 51.2 Å². The molecule has 128 valence electrons. The summed E-state index contributed by atoms with van der Waals surface area (Å²) in [4.78, 5) is 14.8. The van der Waals surface area contributed by atoms with Gasteiger partial charge in [0.1, 0.15) is 5.76 Å². The first-order valence-electron chi connectivity index (χ1n) is 8.58. The molecule has 0 aliphatic carbocycles. The summed E-state index contributed by atoms with van der Waals surface area (Å²) in [5.41, 5.74) is 0. The standard InChI is InChI=1S/C18H32O4/c1-2-3-4-5-6-8-11-14-17(22-21)15-12-9-7-10-13-16-18(19)20/h6,8,14,21H,2-5,7,9-13,15-16H2,1H3,(H,19,20)/b8-6-,17-14+. The Morgan fingerprint density at radius 3 is 2.27 bits per heavy atom. The second kappa shape index (κ2) is 16.1. The second-order valence-corrected chi connectivity index (χ2v) is 5.63. The summed E-state index contributed by atoms with van der Waals surface area (Å²) in [5.74, 6) is -0.0922. The van der Waals surface area contributed by atoms with Crippen LogP contribution in [0.2, 0.25) is 0 Å². The fourth-order valence-electron chi connectivity index (χ4n) is 2.22. The van der Waals surface area contributed by atoms with Crippen molar-refractivity contribution in [2.45, 2.75) is 84.0 Å². The van der Waals surface area contributed by atoms with Crippen LogP contribution in [0.3, 0.4) is 0 Å². The molecule has 0 bridgehead atoms. The van der Waals surface area contributed by atoms with Crippen LogP contribution in [0.1, 0.15) is 84.0 Å². The monoisotopic (exact) mass is 312 g/mol. The first-order chi connectivity index (χ1) is 10.7. The van der Waals surface area contributed by atoms with Crippen molar-refractivity contribution in [3.05, 3.63) is 24.0 Å². The Balaban J connectivity index is 3.60. The lowest BCUT2D eigenvalue weighted by atomic mass is 10.1. The summed E-state index contributed by atoms with van der Waals surface area (Å²) in [6, 6.07) is 0. The van der Waals surface area contributed by atoms with Gasteiger partial charge in [-0.2, -0.15) is 0 Å². The van der Waals surface area contributed by atoms with Crippen molar-refractivity contribution >= 4 is 5.97 Å². The second-order valence-electron chi connectivity index (χ2n) is 5.63. The van der Waals surface area contributed by atoms with Gasteiger partial charge in [-0.05, 0) is 38.2 Å². The van der Waals surface area contributed by atoms with Crippen molar-refractivity contribution < 1.29 is 20.0 Å². The number of allylic oxidation sites excluding steroid dienone is 4. The van der Waals surface area contributed by atoms with Gasteiger partial charge in [0.05, 0.1) is 0 Å². The van der Waals surface area contributed by atoms with Gasteiger partial charge < -0.3 is 9.99 Å². The molecule has 0 unspecified atom stereocenters. The van der Waals surface area contributed by atoms with Crippen molar-refractivity contribution in [2.24, 2.45) is 0 Å². The van der Waals surface area contributed by atoms with E-state index < -0.39 is 5.97 Å². The summed E-state index contributed by atoms with van der Waals surface area (Å²) in [6.07, 6.45) is 17.6. The molecule has 0 aliphatic heterocycles. The number of hydrogen-bond donors (Lipinski definition) is 2. The Bertz CT molecular complexity index is 321. The highest BCUT2D eigenvalue weighted by molar-refractivity contribution is 5.66. The van der Waals surface area contributed by atoms with E-state index >= 15 is 0 Å². The van der Waals surface area contributed by atoms with Crippen molar-refractivity contribution in [2.75, 3.05) is 0 Å². The van der Waals surface area contributed by atoms with Crippen molar-refractivity contribution in [3.63, 3.8) is 0 Å². The van der Waals surface area contributed by atoms with Gasteiger partial charge in [0, 0.05) is 12.8 Å². The third-order valence-corrected chi connectivity index (χ3v) is 3.55. The van der Waals surface area contributed by atoms with Crippen molar-refractivity contribution in [1.29, 1.82) is 0 Å². The van der Waals surface area contributed by atoms with Crippen LogP contribution in [0.5, 0.6) is 0 Å². The van der Waals surface area contributed by atoms with Gasteiger partial charge >= 0.3 is 5.97 Å². The molecule has 0 atom stereocenters. The van der Waals surface area contributed by atoms with Gasteiger partial charge in [-0.25, -0.2) is 5.26 Å². The van der Waals surface area contributed by atoms with Gasteiger partial charge in [0.25, 0.3) is 0 Å². The summed E-state index contributed by atoms with van der Waals surface area (Å²) in [5, 5.41) is 17.4. The van der Waals surface area contributed by atoms with Crippen LogP contribution >= 0.6 is 0 Å². The van der Waals surface area contributed by atoms with E-state index in [4.69, 9.17) is 10.4 Å². The molecule has 0 aromatic heterocycles. The van der Waals surface area contributed by atoms with Crippen LogP contribution in [0.25, 0.3) is 0 Å². The topological polar surface area (TPSA) is 66.8 Å². The molecule has 0 aromatic rings. The van der Waals surface area contributed by atoms with E-state index in [1.807, 2.05) is 6.08 Å². The smallest absolute Gasteiger partial charge is 0.303 e. The molecule has 0 fully saturated rings. The molecular formula is C18H32O4. The van der Waals surface area contributed by atoms with Crippen LogP contribution in [-0.4, -0.2) is 16.3 Å². The first-order valence-corrected chi connectivity index (χ1v) is 8.58. The van der Waals surface area contributed by atoms with Gasteiger partial charge in [-0.3, -0.25) is 4.79 Å². The van der Waals surface area contributed by atoms with Crippen LogP contribution in [-0.2, 0) is 9.68 Å². The van der Waals surface area contributed by atoms with E-state index in [2.05, 4.69) is 24.0 Å². The molecule has 0 aromatic carbocycles. The zero-order chi connectivity index (χ0) is 16.5. The largest absolute Gasteiger partial charge is 0.481 e. The lowest BCUT2D eigenvalue weighted by Crippen LogP contribution is -1.93. The first kappa shape index (κ1) is 20.7. The quantitative estimate of drug-likeness (QED) is 0.134. The highest BCUT2D eigenvalue weighted by Gasteiger charge is 1.99. The summed E-state index contributed by atoms with van der Waals surface area (Å²) in [6.45, 7) is 2.20. The number of carboxylic acids is 1. The summed E-state index contributed by atoms with van der Waals surface area (Å²) < 4.78 is 0. The molecule has 4 nitrogen and oxygen atoms in total. The average Bonchev–Trinajstić information content (AvgIpc) is 2.50. The summed E-state index contributed by atoms with van der Waals surface area (Å²) >= 11 is 0. The number of aliphatic carboxylic acids is 1. The maximum Gasteiger partial charge on any atom is 0.303 e. The molecule has 0 rings (SSSR count). The zero-order valence-electron chi connectivity index (χ0n) is 13.9. The summed E-state index contributed by atoms with van der Waals surface area (Å²) in [7, 11) is 0. The molecule has 2 N–H and O–H groups in total. The SMILES string of the molecule is CCCCC/C=C\C/C=C(\CCCCCCCC(=O)O)OO. The Labute approximate surface area is 134 Å². The molecule has 0 aliphatic rings. The molecule has 0 radical (unpaired) electrons. The normalized spacial score (nSPS) is 12.0. The number of carboxylic acid groups (broad SMARTS) is 1. The predicted molar refractivity (Wildman–Crippen MR) is 89.7 cm³/mol. The number of carbonyl (C=O) groups is 1. The van der Waals surface area contributed by atoms with E-state index in [1.54, 1.807) is 0 Å². The van der Waals surface area contributed by atoms with E-state index in [1.165, 1.54) is 19.3 Å². The van der Waals surface area contributed by atoms with Gasteiger partial charge in [0.15, 0.2) is 0 Å². The molecular weight excluding hydrogens is 280 g/mol. The van der Waals surface area contributed by atoms with E-state index in [9.17, 15) is 4.79 Å². The van der Waals surface area contributed by atoms with Crippen LogP contribution in [0.15, 0.2) is 24.0 Å². The lowest BCUT2D eigenvalue weighted by Gasteiger charge is -2.03. The molecule has 0 spiro atoms. The number of rotatable bonds is 15. The molecule has 0 heterocycles. The predicted octanol–water partition coefficient (Wildman–Crippen LogP) is 5.70. The number of unbranched alkanes of at least 4 members (excludes halogenated alkanes) is 7. The maximum absolute atomic E-state index is 10.4. The van der Waals surface area contributed by atoms with E-state index in [0.717, 1.165) is 51.4 Å². The lowest BCUT2D eigenvalue weighted by molar-refractivity contribution is -0.206.